The Morgan fingerprint density at radius 1 is 1.26 bits per heavy atom. The molecule has 2 heterocycles. The van der Waals surface area contributed by atoms with Gasteiger partial charge in [0, 0.05) is 18.9 Å². The van der Waals surface area contributed by atoms with Gasteiger partial charge in [0.05, 0.1) is 25.9 Å². The molecule has 1 aromatic carbocycles. The number of benzene rings is 1. The molecule has 3 aliphatic rings. The molecule has 0 bridgehead atoms. The van der Waals surface area contributed by atoms with Gasteiger partial charge in [-0.2, -0.15) is 0 Å². The topological polar surface area (TPSA) is 59.0 Å². The van der Waals surface area contributed by atoms with E-state index in [-0.39, 0.29) is 17.4 Å². The summed E-state index contributed by atoms with van der Waals surface area (Å²) >= 11 is 0. The molecule has 1 spiro atoms. The predicted molar refractivity (Wildman–Crippen MR) is 84.6 cm³/mol. The number of hydrogen-bond acceptors (Lipinski definition) is 4. The van der Waals surface area contributed by atoms with Crippen molar-refractivity contribution in [2.75, 3.05) is 20.8 Å². The molecule has 5 heteroatoms. The number of nitrogens with zero attached hydrogens (tertiary/aromatic N) is 1. The number of carbonyl (C=O) groups excluding carboxylic acids is 1. The van der Waals surface area contributed by atoms with Crippen LogP contribution in [0.25, 0.3) is 0 Å². The predicted octanol–water partition coefficient (Wildman–Crippen LogP) is 1.85. The van der Waals surface area contributed by atoms with Crippen LogP contribution >= 0.6 is 0 Å². The van der Waals surface area contributed by atoms with Gasteiger partial charge in [0.2, 0.25) is 5.91 Å². The number of hydrogen-bond donors (Lipinski definition) is 1. The lowest BCUT2D eigenvalue weighted by molar-refractivity contribution is -0.133. The van der Waals surface area contributed by atoms with Gasteiger partial charge in [-0.25, -0.2) is 0 Å². The Kier molecular flexibility index (Phi) is 3.30. The minimum absolute atomic E-state index is 0.0131. The average molecular weight is 317 g/mol. The summed E-state index contributed by atoms with van der Waals surface area (Å²) < 4.78 is 10.9. The van der Waals surface area contributed by atoms with Crippen LogP contribution in [-0.4, -0.2) is 42.8 Å². The molecular formula is C18H23NO4. The first-order chi connectivity index (χ1) is 11.1. The van der Waals surface area contributed by atoms with Gasteiger partial charge in [-0.15, -0.1) is 0 Å². The maximum atomic E-state index is 12.6. The largest absolute Gasteiger partial charge is 0.493 e. The second-order valence-corrected chi connectivity index (χ2v) is 6.85. The summed E-state index contributed by atoms with van der Waals surface area (Å²) in [6, 6.07) is 4.07. The van der Waals surface area contributed by atoms with Gasteiger partial charge >= 0.3 is 0 Å². The highest BCUT2D eigenvalue weighted by molar-refractivity contribution is 5.82. The number of ether oxygens (including phenoxy) is 2. The molecule has 1 aromatic rings. The summed E-state index contributed by atoms with van der Waals surface area (Å²) in [5.74, 6) is 1.59. The van der Waals surface area contributed by atoms with Crippen LogP contribution in [0.5, 0.6) is 11.5 Å². The zero-order valence-electron chi connectivity index (χ0n) is 13.7. The summed E-state index contributed by atoms with van der Waals surface area (Å²) in [6.07, 6.45) is 3.52. The number of carbonyl (C=O) groups is 1. The Morgan fingerprint density at radius 3 is 2.74 bits per heavy atom. The molecule has 4 rings (SSSR count). The van der Waals surface area contributed by atoms with E-state index in [1.807, 2.05) is 17.0 Å². The Morgan fingerprint density at radius 2 is 2.00 bits per heavy atom. The second-order valence-electron chi connectivity index (χ2n) is 6.85. The van der Waals surface area contributed by atoms with Crippen molar-refractivity contribution >= 4 is 5.91 Å². The minimum Gasteiger partial charge on any atom is -0.493 e. The number of rotatable bonds is 2. The summed E-state index contributed by atoms with van der Waals surface area (Å²) in [7, 11) is 3.28. The number of aliphatic hydroxyl groups is 1. The Hall–Kier alpha value is -1.75. The molecule has 0 radical (unpaired) electrons. The lowest BCUT2D eigenvalue weighted by Crippen LogP contribution is -2.54. The van der Waals surface area contributed by atoms with Gasteiger partial charge in [-0.05, 0) is 48.9 Å². The van der Waals surface area contributed by atoms with Crippen molar-refractivity contribution in [1.82, 2.24) is 4.90 Å². The van der Waals surface area contributed by atoms with Crippen molar-refractivity contribution in [2.45, 2.75) is 43.7 Å². The molecule has 2 fully saturated rings. The molecule has 2 aliphatic heterocycles. The number of amides is 1. The third kappa shape index (κ3) is 1.86. The summed E-state index contributed by atoms with van der Waals surface area (Å²) in [5, 5.41) is 10.5. The van der Waals surface area contributed by atoms with Gasteiger partial charge in [-0.1, -0.05) is 0 Å². The quantitative estimate of drug-likeness (QED) is 0.904. The number of fused-ring (bicyclic) bond motifs is 1. The first-order valence-corrected chi connectivity index (χ1v) is 8.35. The molecule has 5 nitrogen and oxygen atoms in total. The van der Waals surface area contributed by atoms with Crippen LogP contribution in [0.3, 0.4) is 0 Å². The standard InChI is InChI=1S/C18H23NO4/c1-22-15-8-11-5-7-19-17(21)10-13-14(20)4-3-6-18(13,19)12(11)9-16(15)23-2/h8-9,13-14,20H,3-7,10H2,1-2H3/t13-,14?,18-/m0/s1. The molecule has 3 atom stereocenters. The van der Waals surface area contributed by atoms with E-state index < -0.39 is 6.10 Å². The molecule has 124 valence electrons. The molecule has 1 N–H and O–H groups in total. The SMILES string of the molecule is COc1cc2c(cc1OC)[C@@]13CCCC(O)[C@@H]1CC(=O)N3CC2. The van der Waals surface area contributed by atoms with Gasteiger partial charge < -0.3 is 19.5 Å². The summed E-state index contributed by atoms with van der Waals surface area (Å²) in [4.78, 5) is 14.6. The molecule has 1 saturated heterocycles. The fraction of sp³-hybridized carbons (Fsp3) is 0.611. The molecule has 1 amide bonds. The number of methoxy groups -OCH3 is 2. The molecule has 23 heavy (non-hydrogen) atoms. The highest BCUT2D eigenvalue weighted by Crippen LogP contribution is 2.56. The van der Waals surface area contributed by atoms with Crippen LogP contribution in [0.15, 0.2) is 12.1 Å². The van der Waals surface area contributed by atoms with Crippen LogP contribution in [0.2, 0.25) is 0 Å². The molecule has 0 aromatic heterocycles. The van der Waals surface area contributed by atoms with Crippen molar-refractivity contribution in [3.63, 3.8) is 0 Å². The van der Waals surface area contributed by atoms with Crippen LogP contribution < -0.4 is 9.47 Å². The maximum absolute atomic E-state index is 12.6. The molecular weight excluding hydrogens is 294 g/mol. The first-order valence-electron chi connectivity index (χ1n) is 8.35. The van der Waals surface area contributed by atoms with Gasteiger partial charge in [-0.3, -0.25) is 4.79 Å². The van der Waals surface area contributed by atoms with Crippen LogP contribution in [0.1, 0.15) is 36.8 Å². The van der Waals surface area contributed by atoms with Crippen molar-refractivity contribution in [3.05, 3.63) is 23.3 Å². The van der Waals surface area contributed by atoms with E-state index in [0.717, 1.165) is 43.5 Å². The maximum Gasteiger partial charge on any atom is 0.223 e. The van der Waals surface area contributed by atoms with Crippen molar-refractivity contribution in [1.29, 1.82) is 0 Å². The number of aliphatic hydroxyl groups excluding tert-OH is 1. The summed E-state index contributed by atoms with van der Waals surface area (Å²) in [6.45, 7) is 0.727. The molecule has 1 saturated carbocycles. The molecule has 1 aliphatic carbocycles. The lowest BCUT2D eigenvalue weighted by atomic mass is 9.65. The fourth-order valence-corrected chi connectivity index (χ4v) is 5.01. The zero-order chi connectivity index (χ0) is 16.2. The van der Waals surface area contributed by atoms with E-state index in [0.29, 0.717) is 12.2 Å². The van der Waals surface area contributed by atoms with Gasteiger partial charge in [0.25, 0.3) is 0 Å². The fourth-order valence-electron chi connectivity index (χ4n) is 5.01. The van der Waals surface area contributed by atoms with Crippen molar-refractivity contribution < 1.29 is 19.4 Å². The van der Waals surface area contributed by atoms with Crippen molar-refractivity contribution in [2.24, 2.45) is 5.92 Å². The van der Waals surface area contributed by atoms with E-state index in [4.69, 9.17) is 9.47 Å². The first kappa shape index (κ1) is 14.8. The average Bonchev–Trinajstić information content (AvgIpc) is 2.88. The van der Waals surface area contributed by atoms with Crippen molar-refractivity contribution in [3.8, 4) is 11.5 Å². The third-order valence-corrected chi connectivity index (χ3v) is 5.99. The zero-order valence-corrected chi connectivity index (χ0v) is 13.7. The van der Waals surface area contributed by atoms with Crippen LogP contribution in [0.4, 0.5) is 0 Å². The summed E-state index contributed by atoms with van der Waals surface area (Å²) in [5.41, 5.74) is 2.01. The lowest BCUT2D eigenvalue weighted by Gasteiger charge is -2.50. The Bertz CT molecular complexity index is 659. The smallest absolute Gasteiger partial charge is 0.223 e. The van der Waals surface area contributed by atoms with E-state index in [1.165, 1.54) is 5.56 Å². The normalized spacial score (nSPS) is 32.1. The van der Waals surface area contributed by atoms with Crippen LogP contribution in [-0.2, 0) is 16.8 Å². The highest BCUT2D eigenvalue weighted by atomic mass is 16.5. The Labute approximate surface area is 136 Å². The minimum atomic E-state index is -0.406. The van der Waals surface area contributed by atoms with Gasteiger partial charge in [0.1, 0.15) is 0 Å². The van der Waals surface area contributed by atoms with E-state index in [2.05, 4.69) is 0 Å². The van der Waals surface area contributed by atoms with E-state index in [9.17, 15) is 9.90 Å². The monoisotopic (exact) mass is 317 g/mol. The third-order valence-electron chi connectivity index (χ3n) is 5.99. The second kappa shape index (κ2) is 5.13. The van der Waals surface area contributed by atoms with Gasteiger partial charge in [0.15, 0.2) is 11.5 Å². The highest BCUT2D eigenvalue weighted by Gasteiger charge is 2.59. The van der Waals surface area contributed by atoms with E-state index >= 15 is 0 Å². The van der Waals surface area contributed by atoms with E-state index in [1.54, 1.807) is 14.2 Å². The molecule has 1 unspecified atom stereocenters. The Balaban J connectivity index is 1.92. The van der Waals surface area contributed by atoms with Crippen LogP contribution in [0, 0.1) is 5.92 Å².